The van der Waals surface area contributed by atoms with Crippen molar-refractivity contribution in [3.8, 4) is 0 Å². The fourth-order valence-corrected chi connectivity index (χ4v) is 3.70. The molecule has 2 aliphatic heterocycles. The van der Waals surface area contributed by atoms with Gasteiger partial charge in [0.25, 0.3) is 0 Å². The highest BCUT2D eigenvalue weighted by Gasteiger charge is 2.40. The number of ether oxygens (including phenoxy) is 1. The molecule has 3 heteroatoms. The SMILES string of the molecule is CCc1ccc(CN2C[C@H]3OCCN(C(C)C)[C@H]3C2)cc1. The average Bonchev–Trinajstić information content (AvgIpc) is 2.89. The van der Waals surface area contributed by atoms with Crippen LogP contribution in [0.2, 0.25) is 0 Å². The van der Waals surface area contributed by atoms with E-state index in [1.54, 1.807) is 0 Å². The Morgan fingerprint density at radius 1 is 1.14 bits per heavy atom. The molecule has 0 aromatic heterocycles. The Morgan fingerprint density at radius 3 is 2.52 bits per heavy atom. The van der Waals surface area contributed by atoms with Crippen LogP contribution in [0.25, 0.3) is 0 Å². The van der Waals surface area contributed by atoms with Crippen LogP contribution in [-0.2, 0) is 17.7 Å². The molecule has 0 amide bonds. The molecule has 0 spiro atoms. The molecule has 3 rings (SSSR count). The first-order chi connectivity index (χ1) is 10.2. The van der Waals surface area contributed by atoms with Crippen molar-refractivity contribution in [3.05, 3.63) is 35.4 Å². The molecule has 2 saturated heterocycles. The molecule has 0 radical (unpaired) electrons. The van der Waals surface area contributed by atoms with E-state index < -0.39 is 0 Å². The number of nitrogens with zero attached hydrogens (tertiary/aromatic N) is 2. The van der Waals surface area contributed by atoms with Crippen LogP contribution in [0.1, 0.15) is 31.9 Å². The highest BCUT2D eigenvalue weighted by atomic mass is 16.5. The van der Waals surface area contributed by atoms with E-state index in [2.05, 4.69) is 54.8 Å². The molecule has 21 heavy (non-hydrogen) atoms. The van der Waals surface area contributed by atoms with Gasteiger partial charge in [-0.3, -0.25) is 9.80 Å². The van der Waals surface area contributed by atoms with Crippen molar-refractivity contribution in [2.45, 2.75) is 51.9 Å². The number of morpholine rings is 1. The molecule has 2 fully saturated rings. The number of aryl methyl sites for hydroxylation is 1. The molecule has 2 aliphatic rings. The number of likely N-dealkylation sites (tertiary alicyclic amines) is 1. The molecule has 1 aromatic carbocycles. The first kappa shape index (κ1) is 15.0. The van der Waals surface area contributed by atoms with Crippen LogP contribution in [0.15, 0.2) is 24.3 Å². The van der Waals surface area contributed by atoms with Gasteiger partial charge in [0, 0.05) is 32.2 Å². The minimum absolute atomic E-state index is 0.399. The molecule has 2 atom stereocenters. The van der Waals surface area contributed by atoms with Crippen LogP contribution >= 0.6 is 0 Å². The zero-order valence-corrected chi connectivity index (χ0v) is 13.6. The first-order valence-corrected chi connectivity index (χ1v) is 8.35. The van der Waals surface area contributed by atoms with E-state index in [0.717, 1.165) is 39.2 Å². The van der Waals surface area contributed by atoms with Gasteiger partial charge >= 0.3 is 0 Å². The van der Waals surface area contributed by atoms with E-state index in [1.165, 1.54) is 11.1 Å². The number of benzene rings is 1. The molecule has 1 aromatic rings. The fourth-order valence-electron chi connectivity index (χ4n) is 3.70. The average molecular weight is 288 g/mol. The van der Waals surface area contributed by atoms with Gasteiger partial charge in [0.1, 0.15) is 0 Å². The molecule has 116 valence electrons. The maximum Gasteiger partial charge on any atom is 0.0870 e. The Balaban J connectivity index is 1.63. The highest BCUT2D eigenvalue weighted by molar-refractivity contribution is 5.22. The lowest BCUT2D eigenvalue weighted by Gasteiger charge is -2.39. The topological polar surface area (TPSA) is 15.7 Å². The van der Waals surface area contributed by atoms with E-state index >= 15 is 0 Å². The summed E-state index contributed by atoms with van der Waals surface area (Å²) in [6.07, 6.45) is 1.52. The minimum Gasteiger partial charge on any atom is -0.374 e. The summed E-state index contributed by atoms with van der Waals surface area (Å²) in [4.78, 5) is 5.17. The molecular formula is C18H28N2O. The monoisotopic (exact) mass is 288 g/mol. The van der Waals surface area contributed by atoms with Crippen molar-refractivity contribution in [2.24, 2.45) is 0 Å². The van der Waals surface area contributed by atoms with Gasteiger partial charge < -0.3 is 4.74 Å². The zero-order chi connectivity index (χ0) is 14.8. The highest BCUT2D eigenvalue weighted by Crippen LogP contribution is 2.25. The van der Waals surface area contributed by atoms with Gasteiger partial charge in [-0.25, -0.2) is 0 Å². The van der Waals surface area contributed by atoms with Gasteiger partial charge in [-0.05, 0) is 31.4 Å². The van der Waals surface area contributed by atoms with Gasteiger partial charge in [-0.2, -0.15) is 0 Å². The first-order valence-electron chi connectivity index (χ1n) is 8.35. The Kier molecular flexibility index (Phi) is 4.63. The molecule has 0 saturated carbocycles. The van der Waals surface area contributed by atoms with Gasteiger partial charge in [0.2, 0.25) is 0 Å². The minimum atomic E-state index is 0.399. The third-order valence-electron chi connectivity index (χ3n) is 4.92. The number of rotatable bonds is 4. The van der Waals surface area contributed by atoms with Crippen LogP contribution in [0, 0.1) is 0 Å². The van der Waals surface area contributed by atoms with Crippen LogP contribution in [0.4, 0.5) is 0 Å². The van der Waals surface area contributed by atoms with Crippen LogP contribution in [0.3, 0.4) is 0 Å². The van der Waals surface area contributed by atoms with E-state index in [1.807, 2.05) is 0 Å². The summed E-state index contributed by atoms with van der Waals surface area (Å²) >= 11 is 0. The summed E-state index contributed by atoms with van der Waals surface area (Å²) < 4.78 is 6.00. The summed E-state index contributed by atoms with van der Waals surface area (Å²) in [5.41, 5.74) is 2.84. The Labute approximate surface area is 128 Å². The Bertz CT molecular complexity index is 457. The van der Waals surface area contributed by atoms with Crippen LogP contribution < -0.4 is 0 Å². The van der Waals surface area contributed by atoms with E-state index in [0.29, 0.717) is 18.2 Å². The molecule has 0 aliphatic carbocycles. The number of fused-ring (bicyclic) bond motifs is 1. The molecular weight excluding hydrogens is 260 g/mol. The zero-order valence-electron chi connectivity index (χ0n) is 13.6. The second-order valence-corrected chi connectivity index (χ2v) is 6.67. The normalized spacial score (nSPS) is 27.2. The van der Waals surface area contributed by atoms with Crippen LogP contribution in [0.5, 0.6) is 0 Å². The fraction of sp³-hybridized carbons (Fsp3) is 0.667. The van der Waals surface area contributed by atoms with E-state index in [9.17, 15) is 0 Å². The van der Waals surface area contributed by atoms with Gasteiger partial charge in [-0.15, -0.1) is 0 Å². The predicted molar refractivity (Wildman–Crippen MR) is 86.5 cm³/mol. The predicted octanol–water partition coefficient (Wildman–Crippen LogP) is 2.54. The largest absolute Gasteiger partial charge is 0.374 e. The van der Waals surface area contributed by atoms with Gasteiger partial charge in [0.05, 0.1) is 18.8 Å². The second kappa shape index (κ2) is 6.47. The quantitative estimate of drug-likeness (QED) is 0.847. The molecule has 0 unspecified atom stereocenters. The van der Waals surface area contributed by atoms with Gasteiger partial charge in [0.15, 0.2) is 0 Å². The van der Waals surface area contributed by atoms with Crippen molar-refractivity contribution in [1.82, 2.24) is 9.80 Å². The van der Waals surface area contributed by atoms with Crippen molar-refractivity contribution in [1.29, 1.82) is 0 Å². The standard InChI is InChI=1S/C18H28N2O/c1-4-15-5-7-16(8-6-15)11-19-12-17-18(13-19)21-10-9-20(17)14(2)3/h5-8,14,17-18H,4,9-13H2,1-3H3/t17-,18+/m0/s1. The molecule has 3 nitrogen and oxygen atoms in total. The summed E-state index contributed by atoms with van der Waals surface area (Å²) in [6, 6.07) is 10.3. The summed E-state index contributed by atoms with van der Waals surface area (Å²) in [5.74, 6) is 0. The summed E-state index contributed by atoms with van der Waals surface area (Å²) in [5, 5.41) is 0. The lowest BCUT2D eigenvalue weighted by molar-refractivity contribution is -0.0583. The third-order valence-corrected chi connectivity index (χ3v) is 4.92. The maximum absolute atomic E-state index is 6.00. The lowest BCUT2D eigenvalue weighted by atomic mass is 10.1. The Morgan fingerprint density at radius 2 is 1.86 bits per heavy atom. The molecule has 2 heterocycles. The summed E-state index contributed by atoms with van der Waals surface area (Å²) in [7, 11) is 0. The van der Waals surface area contributed by atoms with E-state index in [-0.39, 0.29) is 0 Å². The van der Waals surface area contributed by atoms with E-state index in [4.69, 9.17) is 4.74 Å². The maximum atomic E-state index is 6.00. The lowest BCUT2D eigenvalue weighted by Crippen LogP contribution is -2.53. The van der Waals surface area contributed by atoms with Crippen molar-refractivity contribution in [3.63, 3.8) is 0 Å². The van der Waals surface area contributed by atoms with Crippen molar-refractivity contribution >= 4 is 0 Å². The molecule has 0 bridgehead atoms. The number of hydrogen-bond donors (Lipinski definition) is 0. The summed E-state index contributed by atoms with van der Waals surface area (Å²) in [6.45, 7) is 12.0. The third kappa shape index (κ3) is 3.31. The smallest absolute Gasteiger partial charge is 0.0870 e. The Hall–Kier alpha value is -0.900. The van der Waals surface area contributed by atoms with Crippen molar-refractivity contribution in [2.75, 3.05) is 26.2 Å². The second-order valence-electron chi connectivity index (χ2n) is 6.67. The van der Waals surface area contributed by atoms with Crippen molar-refractivity contribution < 1.29 is 4.74 Å². The molecule has 0 N–H and O–H groups in total. The van der Waals surface area contributed by atoms with Crippen LogP contribution in [-0.4, -0.2) is 54.2 Å². The van der Waals surface area contributed by atoms with Gasteiger partial charge in [-0.1, -0.05) is 31.2 Å². The number of hydrogen-bond acceptors (Lipinski definition) is 3.